The Bertz CT molecular complexity index is 1400. The largest absolute Gasteiger partial charge is 0.484 e. The first-order valence-corrected chi connectivity index (χ1v) is 13.9. The summed E-state index contributed by atoms with van der Waals surface area (Å²) in [5, 5.41) is 14.9. The number of hydrogen-bond acceptors (Lipinski definition) is 8. The number of methoxy groups -OCH3 is 1. The molecule has 4 heterocycles. The van der Waals surface area contributed by atoms with Crippen LogP contribution in [0.3, 0.4) is 0 Å². The number of ketones is 1. The van der Waals surface area contributed by atoms with Gasteiger partial charge in [0, 0.05) is 43.3 Å². The molecule has 0 aromatic carbocycles. The van der Waals surface area contributed by atoms with Crippen LogP contribution in [-0.4, -0.2) is 45.6 Å². The molecule has 1 aliphatic heterocycles. The van der Waals surface area contributed by atoms with E-state index in [4.69, 9.17) is 14.5 Å². The van der Waals surface area contributed by atoms with Gasteiger partial charge in [-0.25, -0.2) is 4.98 Å². The van der Waals surface area contributed by atoms with Gasteiger partial charge in [0.25, 0.3) is 0 Å². The Labute approximate surface area is 222 Å². The molecule has 1 spiro atoms. The van der Waals surface area contributed by atoms with Crippen LogP contribution in [0.15, 0.2) is 36.5 Å². The van der Waals surface area contributed by atoms with Gasteiger partial charge in [-0.2, -0.15) is 0 Å². The highest BCUT2D eigenvalue weighted by Gasteiger charge is 2.75. The van der Waals surface area contributed by atoms with Crippen LogP contribution in [0.1, 0.15) is 61.6 Å². The van der Waals surface area contributed by atoms with Crippen molar-refractivity contribution in [1.82, 2.24) is 20.3 Å². The van der Waals surface area contributed by atoms with E-state index < -0.39 is 6.10 Å². The van der Waals surface area contributed by atoms with Crippen LogP contribution in [0.4, 0.5) is 0 Å². The lowest BCUT2D eigenvalue weighted by Crippen LogP contribution is -2.35. The number of hydrogen-bond donors (Lipinski definition) is 2. The fraction of sp³-hybridized carbons (Fsp3) is 0.533. The Morgan fingerprint density at radius 1 is 1.16 bits per heavy atom. The molecule has 0 bridgehead atoms. The molecule has 0 saturated heterocycles. The summed E-state index contributed by atoms with van der Waals surface area (Å²) in [6.45, 7) is 0.899. The SMILES string of the molecule is COc1ccc2nccc(C(O)CCC3C4CC(NCc5ccc6c(n5)CCC(=O)CO6)CC45CC35)c2n1. The zero-order valence-electron chi connectivity index (χ0n) is 21.7. The first-order valence-electron chi connectivity index (χ1n) is 13.9. The molecule has 6 atom stereocenters. The quantitative estimate of drug-likeness (QED) is 0.466. The number of ether oxygens (including phenoxy) is 2. The van der Waals surface area contributed by atoms with Gasteiger partial charge < -0.3 is 19.9 Å². The minimum Gasteiger partial charge on any atom is -0.484 e. The van der Waals surface area contributed by atoms with Crippen molar-refractivity contribution in [3.05, 3.63) is 53.5 Å². The van der Waals surface area contributed by atoms with Crippen LogP contribution in [0, 0.1) is 23.2 Å². The van der Waals surface area contributed by atoms with Gasteiger partial charge in [0.1, 0.15) is 12.4 Å². The van der Waals surface area contributed by atoms with Gasteiger partial charge in [-0.15, -0.1) is 0 Å². The lowest BCUT2D eigenvalue weighted by molar-refractivity contribution is -0.120. The van der Waals surface area contributed by atoms with Crippen molar-refractivity contribution in [2.24, 2.45) is 23.2 Å². The molecule has 3 aliphatic carbocycles. The zero-order valence-corrected chi connectivity index (χ0v) is 21.7. The number of carbonyl (C=O) groups excluding carboxylic acids is 1. The highest BCUT2D eigenvalue weighted by Crippen LogP contribution is 2.81. The first-order chi connectivity index (χ1) is 18.5. The van der Waals surface area contributed by atoms with Crippen molar-refractivity contribution in [2.75, 3.05) is 13.7 Å². The lowest BCUT2D eigenvalue weighted by atomic mass is 9.64. The van der Waals surface area contributed by atoms with Gasteiger partial charge >= 0.3 is 0 Å². The molecule has 3 saturated carbocycles. The molecule has 3 aromatic rings. The summed E-state index contributed by atoms with van der Waals surface area (Å²) in [7, 11) is 1.60. The highest BCUT2D eigenvalue weighted by molar-refractivity contribution is 5.80. The number of fused-ring (bicyclic) bond motifs is 2. The Balaban J connectivity index is 0.953. The van der Waals surface area contributed by atoms with Crippen LogP contribution < -0.4 is 14.8 Å². The maximum Gasteiger partial charge on any atom is 0.213 e. The average Bonchev–Trinajstić information content (AvgIpc) is 3.52. The smallest absolute Gasteiger partial charge is 0.213 e. The molecule has 4 aliphatic rings. The monoisotopic (exact) mass is 514 g/mol. The molecule has 8 nitrogen and oxygen atoms in total. The molecule has 0 amide bonds. The number of Topliss-reactive ketones (excluding diaryl/α,β-unsaturated/α-hetero) is 1. The maximum atomic E-state index is 11.7. The van der Waals surface area contributed by atoms with Gasteiger partial charge in [0.2, 0.25) is 5.88 Å². The van der Waals surface area contributed by atoms with E-state index in [0.717, 1.165) is 65.0 Å². The molecular formula is C30H34N4O4. The molecule has 198 valence electrons. The number of aliphatic hydroxyl groups excluding tert-OH is 1. The van der Waals surface area contributed by atoms with Crippen molar-refractivity contribution in [3.63, 3.8) is 0 Å². The lowest BCUT2D eigenvalue weighted by Gasteiger charge is -2.40. The van der Waals surface area contributed by atoms with E-state index >= 15 is 0 Å². The van der Waals surface area contributed by atoms with Crippen LogP contribution in [-0.2, 0) is 17.8 Å². The number of aliphatic hydroxyl groups is 1. The fourth-order valence-electron chi connectivity index (χ4n) is 7.74. The summed E-state index contributed by atoms with van der Waals surface area (Å²) in [5.41, 5.74) is 4.80. The number of nitrogens with one attached hydrogen (secondary N) is 1. The third-order valence-corrected chi connectivity index (χ3v) is 9.64. The van der Waals surface area contributed by atoms with Crippen LogP contribution in [0.5, 0.6) is 11.6 Å². The number of carbonyl (C=O) groups is 1. The van der Waals surface area contributed by atoms with E-state index in [9.17, 15) is 9.90 Å². The topological polar surface area (TPSA) is 106 Å². The Kier molecular flexibility index (Phi) is 5.85. The molecule has 8 heteroatoms. The van der Waals surface area contributed by atoms with E-state index in [1.54, 1.807) is 19.4 Å². The van der Waals surface area contributed by atoms with Crippen molar-refractivity contribution >= 4 is 16.8 Å². The number of aryl methyl sites for hydroxylation is 1. The van der Waals surface area contributed by atoms with Gasteiger partial charge in [0.05, 0.1) is 35.6 Å². The minimum absolute atomic E-state index is 0.135. The van der Waals surface area contributed by atoms with Gasteiger partial charge in [-0.1, -0.05) is 0 Å². The van der Waals surface area contributed by atoms with Crippen LogP contribution >= 0.6 is 0 Å². The van der Waals surface area contributed by atoms with Crippen molar-refractivity contribution < 1.29 is 19.4 Å². The van der Waals surface area contributed by atoms with Crippen molar-refractivity contribution in [1.29, 1.82) is 0 Å². The molecule has 7 rings (SSSR count). The average molecular weight is 515 g/mol. The molecule has 6 unspecified atom stereocenters. The summed E-state index contributed by atoms with van der Waals surface area (Å²) in [6, 6.07) is 10.1. The third kappa shape index (κ3) is 4.05. The van der Waals surface area contributed by atoms with Crippen molar-refractivity contribution in [2.45, 2.75) is 63.6 Å². The van der Waals surface area contributed by atoms with Gasteiger partial charge in [-0.3, -0.25) is 14.8 Å². The Morgan fingerprint density at radius 3 is 2.97 bits per heavy atom. The van der Waals surface area contributed by atoms with E-state index in [-0.39, 0.29) is 12.4 Å². The maximum absolute atomic E-state index is 11.7. The second-order valence-electron chi connectivity index (χ2n) is 11.6. The fourth-order valence-corrected chi connectivity index (χ4v) is 7.74. The Hall–Kier alpha value is -3.10. The molecule has 0 radical (unpaired) electrons. The van der Waals surface area contributed by atoms with E-state index in [1.807, 2.05) is 24.3 Å². The molecule has 38 heavy (non-hydrogen) atoms. The third-order valence-electron chi connectivity index (χ3n) is 9.64. The molecular weight excluding hydrogens is 480 g/mol. The number of aromatic nitrogens is 3. The molecule has 3 fully saturated rings. The summed E-state index contributed by atoms with van der Waals surface area (Å²) in [4.78, 5) is 25.5. The van der Waals surface area contributed by atoms with Crippen LogP contribution in [0.25, 0.3) is 11.0 Å². The predicted octanol–water partition coefficient (Wildman–Crippen LogP) is 3.95. The highest BCUT2D eigenvalue weighted by atomic mass is 16.5. The number of nitrogens with zero attached hydrogens (tertiary/aromatic N) is 3. The predicted molar refractivity (Wildman–Crippen MR) is 141 cm³/mol. The molecule has 2 N–H and O–H groups in total. The second kappa shape index (κ2) is 9.27. The Morgan fingerprint density at radius 2 is 2.08 bits per heavy atom. The van der Waals surface area contributed by atoms with Gasteiger partial charge in [-0.05, 0) is 79.5 Å². The van der Waals surface area contributed by atoms with Crippen molar-refractivity contribution in [3.8, 4) is 11.6 Å². The normalized spacial score (nSPS) is 29.9. The minimum atomic E-state index is -0.553. The number of rotatable bonds is 8. The van der Waals surface area contributed by atoms with Crippen LogP contribution in [0.2, 0.25) is 0 Å². The van der Waals surface area contributed by atoms with E-state index in [2.05, 4.69) is 15.3 Å². The standard InChI is InChI=1S/C30H34N4O4/c1-37-28-9-6-25-29(34-28)21(10-11-31-25)26(36)7-4-20-22-12-18(13-30(22)14-23(20)30)32-15-17-2-8-27-24(33-17)5-3-19(35)16-38-27/h2,6,8-11,18,20,22-23,26,32,36H,3-5,7,12-16H2,1H3. The van der Waals surface area contributed by atoms with Gasteiger partial charge in [0.15, 0.2) is 5.78 Å². The van der Waals surface area contributed by atoms with E-state index in [0.29, 0.717) is 36.1 Å². The van der Waals surface area contributed by atoms with E-state index in [1.165, 1.54) is 19.3 Å². The first kappa shape index (κ1) is 24.0. The summed E-state index contributed by atoms with van der Waals surface area (Å²) in [5.74, 6) is 3.69. The summed E-state index contributed by atoms with van der Waals surface area (Å²) < 4.78 is 10.9. The molecule has 3 aromatic heterocycles. The number of pyridine rings is 3. The zero-order chi connectivity index (χ0) is 25.9. The summed E-state index contributed by atoms with van der Waals surface area (Å²) in [6.07, 6.45) is 7.95. The second-order valence-corrected chi connectivity index (χ2v) is 11.6. The summed E-state index contributed by atoms with van der Waals surface area (Å²) >= 11 is 0.